The van der Waals surface area contributed by atoms with Gasteiger partial charge in [-0.05, 0) is 23.6 Å². The summed E-state index contributed by atoms with van der Waals surface area (Å²) in [6.07, 6.45) is 0.678. The maximum atomic E-state index is 11.9. The lowest BCUT2D eigenvalue weighted by Crippen LogP contribution is -2.21. The van der Waals surface area contributed by atoms with Gasteiger partial charge in [-0.2, -0.15) is 0 Å². The first kappa shape index (κ1) is 11.4. The zero-order chi connectivity index (χ0) is 12.6. The Kier molecular flexibility index (Phi) is 2.69. The Morgan fingerprint density at radius 2 is 1.61 bits per heavy atom. The molecule has 2 aromatic carbocycles. The molecule has 1 aliphatic rings. The number of hydrogen-bond donors (Lipinski definition) is 1. The van der Waals surface area contributed by atoms with Crippen molar-refractivity contribution in [2.75, 3.05) is 0 Å². The Hall–Kier alpha value is -1.65. The molecule has 0 amide bonds. The van der Waals surface area contributed by atoms with E-state index in [2.05, 4.69) is 4.72 Å². The largest absolute Gasteiger partial charge is 0.241 e. The highest BCUT2D eigenvalue weighted by atomic mass is 32.2. The van der Waals surface area contributed by atoms with Gasteiger partial charge < -0.3 is 0 Å². The molecule has 0 fully saturated rings. The molecule has 0 aliphatic carbocycles. The van der Waals surface area contributed by atoms with Gasteiger partial charge in [-0.25, -0.2) is 13.1 Å². The lowest BCUT2D eigenvalue weighted by atomic mass is 10.00. The van der Waals surface area contributed by atoms with Crippen molar-refractivity contribution in [1.82, 2.24) is 4.72 Å². The number of nitrogens with one attached hydrogen (secondary N) is 1. The SMILES string of the molecule is O=S1(=O)N[C@@H](Cc2ccccc2)c2ccccc21. The summed E-state index contributed by atoms with van der Waals surface area (Å²) in [5, 5.41) is 0. The van der Waals surface area contributed by atoms with Crippen molar-refractivity contribution in [2.45, 2.75) is 17.4 Å². The summed E-state index contributed by atoms with van der Waals surface area (Å²) >= 11 is 0. The fourth-order valence-electron chi connectivity index (χ4n) is 2.33. The number of fused-ring (bicyclic) bond motifs is 1. The smallest absolute Gasteiger partial charge is 0.207 e. The summed E-state index contributed by atoms with van der Waals surface area (Å²) < 4.78 is 26.6. The second-order valence-corrected chi connectivity index (χ2v) is 6.08. The van der Waals surface area contributed by atoms with Crippen molar-refractivity contribution in [2.24, 2.45) is 0 Å². The van der Waals surface area contributed by atoms with Crippen LogP contribution in [0.1, 0.15) is 17.2 Å². The molecule has 0 aromatic heterocycles. The van der Waals surface area contributed by atoms with Crippen molar-refractivity contribution in [3.8, 4) is 0 Å². The summed E-state index contributed by atoms with van der Waals surface area (Å²) in [4.78, 5) is 0.408. The Balaban J connectivity index is 1.97. The van der Waals surface area contributed by atoms with E-state index in [0.29, 0.717) is 11.3 Å². The summed E-state index contributed by atoms with van der Waals surface area (Å²) in [6.45, 7) is 0. The first-order chi connectivity index (χ1) is 8.67. The fraction of sp³-hybridized carbons (Fsp3) is 0.143. The molecule has 3 nitrogen and oxygen atoms in total. The molecule has 1 aliphatic heterocycles. The summed E-state index contributed by atoms with van der Waals surface area (Å²) in [6, 6.07) is 16.9. The first-order valence-corrected chi connectivity index (χ1v) is 7.30. The average molecular weight is 259 g/mol. The van der Waals surface area contributed by atoms with Crippen LogP contribution in [0.4, 0.5) is 0 Å². The van der Waals surface area contributed by atoms with E-state index in [-0.39, 0.29) is 6.04 Å². The van der Waals surface area contributed by atoms with Crippen molar-refractivity contribution < 1.29 is 8.42 Å². The fourth-order valence-corrected chi connectivity index (χ4v) is 3.82. The minimum Gasteiger partial charge on any atom is -0.207 e. The zero-order valence-corrected chi connectivity index (χ0v) is 10.5. The Morgan fingerprint density at radius 1 is 0.944 bits per heavy atom. The normalized spacial score (nSPS) is 20.6. The number of rotatable bonds is 2. The maximum absolute atomic E-state index is 11.9. The highest BCUT2D eigenvalue weighted by Crippen LogP contribution is 2.32. The van der Waals surface area contributed by atoms with E-state index in [1.807, 2.05) is 42.5 Å². The molecule has 4 heteroatoms. The molecule has 18 heavy (non-hydrogen) atoms. The molecule has 2 aromatic rings. The number of hydrogen-bond acceptors (Lipinski definition) is 2. The number of benzene rings is 2. The Labute approximate surface area is 107 Å². The molecule has 1 N–H and O–H groups in total. The summed E-state index contributed by atoms with van der Waals surface area (Å²) in [5.41, 5.74) is 1.99. The standard InChI is InChI=1S/C14H13NO2S/c16-18(17)14-9-5-4-8-12(14)13(15-18)10-11-6-2-1-3-7-11/h1-9,13,15H,10H2/t13-/m0/s1. The van der Waals surface area contributed by atoms with Gasteiger partial charge in [-0.15, -0.1) is 0 Å². The third-order valence-corrected chi connectivity index (χ3v) is 4.71. The van der Waals surface area contributed by atoms with E-state index in [9.17, 15) is 8.42 Å². The van der Waals surface area contributed by atoms with Crippen molar-refractivity contribution in [3.63, 3.8) is 0 Å². The van der Waals surface area contributed by atoms with Crippen molar-refractivity contribution >= 4 is 10.0 Å². The maximum Gasteiger partial charge on any atom is 0.241 e. The first-order valence-electron chi connectivity index (χ1n) is 5.82. The third kappa shape index (κ3) is 1.94. The van der Waals surface area contributed by atoms with Gasteiger partial charge in [0.05, 0.1) is 10.9 Å². The van der Waals surface area contributed by atoms with E-state index in [1.165, 1.54) is 0 Å². The molecule has 0 spiro atoms. The zero-order valence-electron chi connectivity index (χ0n) is 9.71. The van der Waals surface area contributed by atoms with E-state index < -0.39 is 10.0 Å². The predicted molar refractivity (Wildman–Crippen MR) is 69.7 cm³/mol. The summed E-state index contributed by atoms with van der Waals surface area (Å²) in [7, 11) is -3.32. The van der Waals surface area contributed by atoms with Crippen LogP contribution >= 0.6 is 0 Å². The molecule has 0 unspecified atom stereocenters. The van der Waals surface area contributed by atoms with Crippen LogP contribution < -0.4 is 4.72 Å². The van der Waals surface area contributed by atoms with E-state index in [4.69, 9.17) is 0 Å². The van der Waals surface area contributed by atoms with Crippen molar-refractivity contribution in [3.05, 3.63) is 65.7 Å². The monoisotopic (exact) mass is 259 g/mol. The van der Waals surface area contributed by atoms with Crippen LogP contribution in [0.15, 0.2) is 59.5 Å². The molecule has 1 heterocycles. The molecular formula is C14H13NO2S. The molecule has 1 atom stereocenters. The molecule has 0 saturated carbocycles. The Morgan fingerprint density at radius 3 is 2.39 bits per heavy atom. The van der Waals surface area contributed by atoms with Gasteiger partial charge in [0.2, 0.25) is 10.0 Å². The second-order valence-electron chi connectivity index (χ2n) is 4.40. The predicted octanol–water partition coefficient (Wildman–Crippen LogP) is 2.26. The molecular weight excluding hydrogens is 246 g/mol. The van der Waals surface area contributed by atoms with Crippen LogP contribution in [-0.4, -0.2) is 8.42 Å². The minimum absolute atomic E-state index is 0.159. The minimum atomic E-state index is -3.32. The third-order valence-electron chi connectivity index (χ3n) is 3.16. The molecule has 0 radical (unpaired) electrons. The van der Waals surface area contributed by atoms with Crippen LogP contribution in [0.3, 0.4) is 0 Å². The van der Waals surface area contributed by atoms with E-state index in [0.717, 1.165) is 11.1 Å². The average Bonchev–Trinajstić information content (AvgIpc) is 2.63. The van der Waals surface area contributed by atoms with Crippen LogP contribution in [0.5, 0.6) is 0 Å². The van der Waals surface area contributed by atoms with Gasteiger partial charge in [-0.3, -0.25) is 0 Å². The van der Waals surface area contributed by atoms with Gasteiger partial charge in [-0.1, -0.05) is 48.5 Å². The molecule has 3 rings (SSSR count). The van der Waals surface area contributed by atoms with Crippen molar-refractivity contribution in [1.29, 1.82) is 0 Å². The highest BCUT2D eigenvalue weighted by molar-refractivity contribution is 7.89. The molecule has 0 saturated heterocycles. The van der Waals surface area contributed by atoms with Crippen LogP contribution in [0, 0.1) is 0 Å². The lowest BCUT2D eigenvalue weighted by molar-refractivity contribution is 0.574. The highest BCUT2D eigenvalue weighted by Gasteiger charge is 2.33. The second kappa shape index (κ2) is 4.23. The quantitative estimate of drug-likeness (QED) is 0.899. The van der Waals surface area contributed by atoms with Gasteiger partial charge >= 0.3 is 0 Å². The van der Waals surface area contributed by atoms with Gasteiger partial charge in [0.25, 0.3) is 0 Å². The van der Waals surface area contributed by atoms with E-state index >= 15 is 0 Å². The molecule has 0 bridgehead atoms. The Bertz CT molecular complexity index is 665. The topological polar surface area (TPSA) is 46.2 Å². The van der Waals surface area contributed by atoms with Gasteiger partial charge in [0.1, 0.15) is 0 Å². The van der Waals surface area contributed by atoms with Crippen LogP contribution in [0.25, 0.3) is 0 Å². The van der Waals surface area contributed by atoms with Gasteiger partial charge in [0, 0.05) is 0 Å². The van der Waals surface area contributed by atoms with Crippen LogP contribution in [-0.2, 0) is 16.4 Å². The van der Waals surface area contributed by atoms with E-state index in [1.54, 1.807) is 12.1 Å². The van der Waals surface area contributed by atoms with Crippen LogP contribution in [0.2, 0.25) is 0 Å². The van der Waals surface area contributed by atoms with Gasteiger partial charge in [0.15, 0.2) is 0 Å². The summed E-state index contributed by atoms with van der Waals surface area (Å²) in [5.74, 6) is 0. The number of sulfonamides is 1. The molecule has 92 valence electrons. The lowest BCUT2D eigenvalue weighted by Gasteiger charge is -2.10.